The summed E-state index contributed by atoms with van der Waals surface area (Å²) in [6.45, 7) is 5.09. The van der Waals surface area contributed by atoms with Gasteiger partial charge in [-0.1, -0.05) is 12.1 Å². The maximum Gasteiger partial charge on any atom is 0.337 e. The van der Waals surface area contributed by atoms with Gasteiger partial charge in [0.25, 0.3) is 0 Å². The monoisotopic (exact) mass is 256 g/mol. The van der Waals surface area contributed by atoms with Crippen molar-refractivity contribution in [1.29, 1.82) is 0 Å². The molecule has 17 heavy (non-hydrogen) atoms. The summed E-state index contributed by atoms with van der Waals surface area (Å²) in [5.41, 5.74) is -0.592. The number of carboxylic acid groups (broad SMARTS) is 1. The summed E-state index contributed by atoms with van der Waals surface area (Å²) in [7, 11) is 0. The van der Waals surface area contributed by atoms with E-state index in [0.717, 1.165) is 4.31 Å². The zero-order valence-electron chi connectivity index (χ0n) is 9.84. The summed E-state index contributed by atoms with van der Waals surface area (Å²) < 4.78 is 23.6. The van der Waals surface area contributed by atoms with Crippen LogP contribution in [0.1, 0.15) is 31.1 Å². The van der Waals surface area contributed by atoms with Crippen LogP contribution in [0, 0.1) is 0 Å². The highest BCUT2D eigenvalue weighted by molar-refractivity contribution is 7.80. The number of nitrogens with zero attached hydrogens (tertiary/aromatic N) is 1. The van der Waals surface area contributed by atoms with Gasteiger partial charge in [-0.2, -0.15) is 0 Å². The lowest BCUT2D eigenvalue weighted by Crippen LogP contribution is -2.43. The number of anilines is 1. The van der Waals surface area contributed by atoms with E-state index in [4.69, 9.17) is 5.11 Å². The van der Waals surface area contributed by atoms with Crippen molar-refractivity contribution >= 4 is 22.9 Å². The molecule has 5 nitrogen and oxygen atoms in total. The molecule has 1 N–H and O–H groups in total. The summed E-state index contributed by atoms with van der Waals surface area (Å²) in [6.07, 6.45) is 0. The van der Waals surface area contributed by atoms with E-state index in [2.05, 4.69) is 0 Å². The SMILES string of the molecule is CC(C)(C)N(c1ccccc1C(=O)O)S(=O)[O-]. The Hall–Kier alpha value is -1.40. The molecule has 0 aliphatic rings. The first kappa shape index (κ1) is 13.7. The van der Waals surface area contributed by atoms with Crippen molar-refractivity contribution in [3.8, 4) is 0 Å². The highest BCUT2D eigenvalue weighted by Crippen LogP contribution is 2.28. The van der Waals surface area contributed by atoms with Crippen LogP contribution in [0.4, 0.5) is 5.69 Å². The molecule has 0 saturated heterocycles. The van der Waals surface area contributed by atoms with Crippen LogP contribution in [0.2, 0.25) is 0 Å². The molecule has 1 aromatic rings. The third-order valence-electron chi connectivity index (χ3n) is 2.11. The Kier molecular flexibility index (Phi) is 3.90. The minimum Gasteiger partial charge on any atom is -0.755 e. The molecular weight excluding hydrogens is 242 g/mol. The summed E-state index contributed by atoms with van der Waals surface area (Å²) in [5.74, 6) is -1.15. The van der Waals surface area contributed by atoms with Gasteiger partial charge < -0.3 is 9.66 Å². The van der Waals surface area contributed by atoms with Gasteiger partial charge in [0.2, 0.25) is 0 Å². The summed E-state index contributed by atoms with van der Waals surface area (Å²) in [5, 5.41) is 9.03. The molecular formula is C11H14NO4S-. The highest BCUT2D eigenvalue weighted by Gasteiger charge is 2.26. The molecule has 6 heteroatoms. The van der Waals surface area contributed by atoms with Crippen LogP contribution in [0.5, 0.6) is 0 Å². The van der Waals surface area contributed by atoms with E-state index in [0.29, 0.717) is 0 Å². The average molecular weight is 256 g/mol. The molecule has 1 unspecified atom stereocenters. The minimum absolute atomic E-state index is 0.0355. The van der Waals surface area contributed by atoms with Crippen LogP contribution < -0.4 is 4.31 Å². The van der Waals surface area contributed by atoms with Gasteiger partial charge in [0.05, 0.1) is 11.3 Å². The van der Waals surface area contributed by atoms with Crippen LogP contribution >= 0.6 is 0 Å². The van der Waals surface area contributed by atoms with Gasteiger partial charge in [0.1, 0.15) is 0 Å². The predicted molar refractivity (Wildman–Crippen MR) is 64.6 cm³/mol. The molecule has 0 aromatic heterocycles. The fraction of sp³-hybridized carbons (Fsp3) is 0.364. The highest BCUT2D eigenvalue weighted by atomic mass is 32.2. The van der Waals surface area contributed by atoms with Crippen molar-refractivity contribution in [2.75, 3.05) is 4.31 Å². The number of carboxylic acids is 1. The smallest absolute Gasteiger partial charge is 0.337 e. The van der Waals surface area contributed by atoms with E-state index >= 15 is 0 Å². The molecule has 1 rings (SSSR count). The largest absolute Gasteiger partial charge is 0.755 e. The van der Waals surface area contributed by atoms with Crippen LogP contribution in [-0.4, -0.2) is 25.4 Å². The molecule has 0 radical (unpaired) electrons. The van der Waals surface area contributed by atoms with E-state index in [1.165, 1.54) is 12.1 Å². The molecule has 0 heterocycles. The standard InChI is InChI=1S/C11H15NO4S/c1-11(2,3)12(17(15)16)9-7-5-4-6-8(9)10(13)14/h4-7H,1-3H3,(H,13,14)(H,15,16)/p-1. The van der Waals surface area contributed by atoms with E-state index < -0.39 is 22.8 Å². The first-order valence-corrected chi connectivity index (χ1v) is 6.00. The van der Waals surface area contributed by atoms with Gasteiger partial charge >= 0.3 is 5.97 Å². The third-order valence-corrected chi connectivity index (χ3v) is 3.15. The second-order valence-electron chi connectivity index (χ2n) is 4.50. The van der Waals surface area contributed by atoms with Gasteiger partial charge in [-0.15, -0.1) is 0 Å². The number of benzene rings is 1. The lowest BCUT2D eigenvalue weighted by atomic mass is 10.1. The summed E-state index contributed by atoms with van der Waals surface area (Å²) in [6, 6.07) is 6.02. The van der Waals surface area contributed by atoms with Crippen molar-refractivity contribution in [3.63, 3.8) is 0 Å². The number of rotatable bonds is 3. The van der Waals surface area contributed by atoms with Crippen LogP contribution in [0.3, 0.4) is 0 Å². The average Bonchev–Trinajstić information content (AvgIpc) is 2.15. The van der Waals surface area contributed by atoms with E-state index in [-0.39, 0.29) is 11.3 Å². The lowest BCUT2D eigenvalue weighted by Gasteiger charge is -2.38. The fourth-order valence-corrected chi connectivity index (χ4v) is 2.26. The Balaban J connectivity index is 3.39. The van der Waals surface area contributed by atoms with E-state index in [9.17, 15) is 13.6 Å². The van der Waals surface area contributed by atoms with Crippen molar-refractivity contribution in [3.05, 3.63) is 29.8 Å². The molecule has 0 spiro atoms. The Labute approximate surface area is 102 Å². The van der Waals surface area contributed by atoms with E-state index in [1.54, 1.807) is 32.9 Å². The van der Waals surface area contributed by atoms with Gasteiger partial charge in [0.15, 0.2) is 0 Å². The van der Waals surface area contributed by atoms with E-state index in [1.807, 2.05) is 0 Å². The lowest BCUT2D eigenvalue weighted by molar-refractivity contribution is 0.0697. The topological polar surface area (TPSA) is 80.7 Å². The number of para-hydroxylation sites is 1. The van der Waals surface area contributed by atoms with Gasteiger partial charge in [-0.05, 0) is 32.9 Å². The summed E-state index contributed by atoms with van der Waals surface area (Å²) >= 11 is -2.53. The van der Waals surface area contributed by atoms with Crippen LogP contribution in [0.15, 0.2) is 24.3 Å². The number of aromatic carboxylic acids is 1. The number of hydrogen-bond donors (Lipinski definition) is 1. The van der Waals surface area contributed by atoms with Gasteiger partial charge in [-0.3, -0.25) is 8.51 Å². The van der Waals surface area contributed by atoms with Gasteiger partial charge in [0, 0.05) is 16.8 Å². The molecule has 1 aromatic carbocycles. The Morgan fingerprint density at radius 1 is 1.35 bits per heavy atom. The Bertz CT molecular complexity index is 453. The molecule has 0 saturated carbocycles. The molecule has 0 fully saturated rings. The normalized spacial score (nSPS) is 13.2. The maximum absolute atomic E-state index is 11.3. The Morgan fingerprint density at radius 3 is 2.29 bits per heavy atom. The van der Waals surface area contributed by atoms with Gasteiger partial charge in [-0.25, -0.2) is 4.79 Å². The second-order valence-corrected chi connectivity index (χ2v) is 5.30. The quantitative estimate of drug-likeness (QED) is 0.836. The Morgan fingerprint density at radius 2 is 1.88 bits per heavy atom. The van der Waals surface area contributed by atoms with Crippen molar-refractivity contribution in [2.24, 2.45) is 0 Å². The molecule has 1 atom stereocenters. The van der Waals surface area contributed by atoms with Crippen molar-refractivity contribution in [2.45, 2.75) is 26.3 Å². The number of hydrogen-bond acceptors (Lipinski definition) is 3. The molecule has 94 valence electrons. The molecule has 0 amide bonds. The number of carbonyl (C=O) groups is 1. The molecule has 0 aliphatic carbocycles. The fourth-order valence-electron chi connectivity index (χ4n) is 1.50. The van der Waals surface area contributed by atoms with Crippen LogP contribution in [0.25, 0.3) is 0 Å². The van der Waals surface area contributed by atoms with Crippen molar-refractivity contribution < 1.29 is 18.7 Å². The minimum atomic E-state index is -2.53. The predicted octanol–water partition coefficient (Wildman–Crippen LogP) is 1.78. The molecule has 0 bridgehead atoms. The summed E-state index contributed by atoms with van der Waals surface area (Å²) in [4.78, 5) is 11.0. The zero-order chi connectivity index (χ0) is 13.2. The first-order valence-electron chi connectivity index (χ1n) is 4.97. The van der Waals surface area contributed by atoms with Crippen molar-refractivity contribution in [1.82, 2.24) is 0 Å². The maximum atomic E-state index is 11.3. The third kappa shape index (κ3) is 3.04. The zero-order valence-corrected chi connectivity index (χ0v) is 10.7. The molecule has 0 aliphatic heterocycles. The van der Waals surface area contributed by atoms with Crippen LogP contribution in [-0.2, 0) is 11.3 Å². The second kappa shape index (κ2) is 4.85. The first-order chi connectivity index (χ1) is 7.75.